The summed E-state index contributed by atoms with van der Waals surface area (Å²) in [7, 11) is 1.63. The Bertz CT molecular complexity index is 1080. The van der Waals surface area contributed by atoms with Crippen LogP contribution in [0.25, 0.3) is 0 Å². The Hall–Kier alpha value is -3.31. The van der Waals surface area contributed by atoms with Gasteiger partial charge < -0.3 is 20.1 Å². The van der Waals surface area contributed by atoms with Crippen molar-refractivity contribution >= 4 is 29.4 Å². The van der Waals surface area contributed by atoms with E-state index < -0.39 is 17.1 Å². The van der Waals surface area contributed by atoms with Crippen LogP contribution in [0.1, 0.15) is 24.0 Å². The van der Waals surface area contributed by atoms with Crippen LogP contribution in [-0.2, 0) is 21.9 Å². The summed E-state index contributed by atoms with van der Waals surface area (Å²) >= 11 is 1.71. The van der Waals surface area contributed by atoms with E-state index in [9.17, 15) is 19.7 Å². The van der Waals surface area contributed by atoms with Gasteiger partial charge in [0.25, 0.3) is 5.69 Å². The van der Waals surface area contributed by atoms with Gasteiger partial charge in [0.1, 0.15) is 18.4 Å². The number of likely N-dealkylation sites (tertiary alicyclic amines) is 2. The zero-order valence-electron chi connectivity index (χ0n) is 20.1. The van der Waals surface area contributed by atoms with Crippen molar-refractivity contribution < 1.29 is 24.0 Å². The lowest BCUT2D eigenvalue weighted by Crippen LogP contribution is -2.47. The second-order valence-electron chi connectivity index (χ2n) is 9.00. The molecule has 2 aliphatic heterocycles. The van der Waals surface area contributed by atoms with Gasteiger partial charge in [-0.2, -0.15) is 11.8 Å². The standard InChI is InChI=1S/C25H30N4O6S/c1-34-21-8-4-18(5-9-21)16-36-22-12-23(24(30)27-11-10-19(26)13-27)28(14-22)25(31)35-15-17-2-6-20(7-3-17)29(32)33/h2-9,19,22-23H,10-16,26H2,1H3/t19?,22-,23-/m0/s1. The number of hydrogen-bond donors (Lipinski definition) is 1. The van der Waals surface area contributed by atoms with E-state index in [1.165, 1.54) is 17.0 Å². The van der Waals surface area contributed by atoms with Crippen LogP contribution in [0.4, 0.5) is 10.5 Å². The number of nitrogens with two attached hydrogens (primary N) is 1. The van der Waals surface area contributed by atoms with E-state index in [0.29, 0.717) is 31.6 Å². The van der Waals surface area contributed by atoms with Gasteiger partial charge in [-0.05, 0) is 48.2 Å². The van der Waals surface area contributed by atoms with E-state index in [1.54, 1.807) is 35.9 Å². The summed E-state index contributed by atoms with van der Waals surface area (Å²) in [6, 6.07) is 13.0. The van der Waals surface area contributed by atoms with Crippen molar-refractivity contribution in [2.24, 2.45) is 5.73 Å². The molecule has 0 saturated carbocycles. The Morgan fingerprint density at radius 2 is 1.81 bits per heavy atom. The van der Waals surface area contributed by atoms with Crippen LogP contribution in [0.2, 0.25) is 0 Å². The number of ether oxygens (including phenoxy) is 2. The molecule has 0 bridgehead atoms. The van der Waals surface area contributed by atoms with Gasteiger partial charge in [0, 0.05) is 48.8 Å². The average Bonchev–Trinajstić information content (AvgIpc) is 3.52. The summed E-state index contributed by atoms with van der Waals surface area (Å²) in [4.78, 5) is 40.0. The Labute approximate surface area is 213 Å². The molecule has 0 aromatic heterocycles. The van der Waals surface area contributed by atoms with E-state index in [2.05, 4.69) is 0 Å². The number of nitro benzene ring substituents is 1. The predicted molar refractivity (Wildman–Crippen MR) is 136 cm³/mol. The third kappa shape index (κ3) is 6.27. The number of amides is 2. The van der Waals surface area contributed by atoms with Crippen LogP contribution in [0.15, 0.2) is 48.5 Å². The zero-order chi connectivity index (χ0) is 25.7. The number of carbonyl (C=O) groups is 2. The molecule has 4 rings (SSSR count). The third-order valence-corrected chi connectivity index (χ3v) is 7.79. The van der Waals surface area contributed by atoms with Gasteiger partial charge in [0.05, 0.1) is 12.0 Å². The highest BCUT2D eigenvalue weighted by atomic mass is 32.2. The van der Waals surface area contributed by atoms with Crippen molar-refractivity contribution in [1.29, 1.82) is 0 Å². The maximum atomic E-state index is 13.3. The first-order chi connectivity index (χ1) is 17.3. The number of methoxy groups -OCH3 is 1. The van der Waals surface area contributed by atoms with Gasteiger partial charge >= 0.3 is 6.09 Å². The Balaban J connectivity index is 1.40. The number of non-ortho nitro benzene ring substituents is 1. The zero-order valence-corrected chi connectivity index (χ0v) is 20.9. The first-order valence-corrected chi connectivity index (χ1v) is 12.8. The SMILES string of the molecule is COc1ccc(CS[C@H]2C[C@@H](C(=O)N3CCC(N)C3)N(C(=O)OCc3ccc([N+](=O)[O-])cc3)C2)cc1. The second kappa shape index (κ2) is 11.6. The quantitative estimate of drug-likeness (QED) is 0.420. The molecule has 2 saturated heterocycles. The summed E-state index contributed by atoms with van der Waals surface area (Å²) in [6.07, 6.45) is 0.722. The van der Waals surface area contributed by atoms with Gasteiger partial charge in [-0.25, -0.2) is 4.79 Å². The van der Waals surface area contributed by atoms with Gasteiger partial charge in [-0.3, -0.25) is 19.8 Å². The summed E-state index contributed by atoms with van der Waals surface area (Å²) in [5.41, 5.74) is 7.74. The summed E-state index contributed by atoms with van der Waals surface area (Å²) in [6.45, 7) is 1.44. The molecule has 1 unspecified atom stereocenters. The van der Waals surface area contributed by atoms with Gasteiger partial charge in [0.15, 0.2) is 0 Å². The summed E-state index contributed by atoms with van der Waals surface area (Å²) in [5.74, 6) is 1.44. The normalized spacial score (nSPS) is 21.4. The fourth-order valence-electron chi connectivity index (χ4n) is 4.43. The minimum atomic E-state index is -0.604. The number of nitro groups is 1. The fraction of sp³-hybridized carbons (Fsp3) is 0.440. The first kappa shape index (κ1) is 25.8. The van der Waals surface area contributed by atoms with Crippen LogP contribution in [-0.4, -0.2) is 70.8 Å². The van der Waals surface area contributed by atoms with Crippen LogP contribution < -0.4 is 10.5 Å². The molecule has 2 fully saturated rings. The number of nitrogens with zero attached hydrogens (tertiary/aromatic N) is 3. The Morgan fingerprint density at radius 3 is 2.42 bits per heavy atom. The summed E-state index contributed by atoms with van der Waals surface area (Å²) in [5, 5.41) is 10.9. The molecule has 11 heteroatoms. The maximum absolute atomic E-state index is 13.3. The van der Waals surface area contributed by atoms with E-state index >= 15 is 0 Å². The highest BCUT2D eigenvalue weighted by molar-refractivity contribution is 7.99. The van der Waals surface area contributed by atoms with Crippen LogP contribution in [0, 0.1) is 10.1 Å². The molecular formula is C25H30N4O6S. The minimum Gasteiger partial charge on any atom is -0.497 e. The molecule has 2 N–H and O–H groups in total. The minimum absolute atomic E-state index is 0.0316. The van der Waals surface area contributed by atoms with E-state index in [4.69, 9.17) is 15.2 Å². The largest absolute Gasteiger partial charge is 0.497 e. The fourth-order valence-corrected chi connectivity index (χ4v) is 5.63. The molecule has 2 amide bonds. The molecule has 2 aliphatic rings. The van der Waals surface area contributed by atoms with Gasteiger partial charge in [-0.1, -0.05) is 12.1 Å². The molecule has 3 atom stereocenters. The van der Waals surface area contributed by atoms with Crippen LogP contribution in [0.5, 0.6) is 5.75 Å². The molecule has 2 heterocycles. The maximum Gasteiger partial charge on any atom is 0.410 e. The smallest absolute Gasteiger partial charge is 0.410 e. The van der Waals surface area contributed by atoms with Gasteiger partial charge in [0.2, 0.25) is 5.91 Å². The lowest BCUT2D eigenvalue weighted by Gasteiger charge is -2.27. The second-order valence-corrected chi connectivity index (χ2v) is 10.3. The van der Waals surface area contributed by atoms with E-state index in [1.807, 2.05) is 24.3 Å². The Kier molecular flexibility index (Phi) is 8.32. The molecule has 36 heavy (non-hydrogen) atoms. The number of carbonyl (C=O) groups excluding carboxylic acids is 2. The third-order valence-electron chi connectivity index (χ3n) is 6.47. The molecule has 2 aromatic carbocycles. The highest BCUT2D eigenvalue weighted by Crippen LogP contribution is 2.32. The summed E-state index contributed by atoms with van der Waals surface area (Å²) < 4.78 is 10.7. The van der Waals surface area contributed by atoms with Crippen molar-refractivity contribution in [3.63, 3.8) is 0 Å². The van der Waals surface area contributed by atoms with Crippen molar-refractivity contribution in [2.75, 3.05) is 26.7 Å². The first-order valence-electron chi connectivity index (χ1n) is 11.8. The van der Waals surface area contributed by atoms with Crippen LogP contribution in [0.3, 0.4) is 0 Å². The lowest BCUT2D eigenvalue weighted by molar-refractivity contribution is -0.384. The lowest BCUT2D eigenvalue weighted by atomic mass is 10.2. The van der Waals surface area contributed by atoms with Crippen molar-refractivity contribution in [2.45, 2.75) is 42.5 Å². The number of rotatable bonds is 8. The van der Waals surface area contributed by atoms with Crippen LogP contribution >= 0.6 is 11.8 Å². The van der Waals surface area contributed by atoms with Crippen molar-refractivity contribution in [3.8, 4) is 5.75 Å². The molecule has 192 valence electrons. The molecule has 0 aliphatic carbocycles. The highest BCUT2D eigenvalue weighted by Gasteiger charge is 2.43. The molecular weight excluding hydrogens is 484 g/mol. The molecule has 10 nitrogen and oxygen atoms in total. The molecule has 0 radical (unpaired) electrons. The monoisotopic (exact) mass is 514 g/mol. The van der Waals surface area contributed by atoms with Crippen molar-refractivity contribution in [1.82, 2.24) is 9.80 Å². The number of thioether (sulfide) groups is 1. The number of hydrogen-bond acceptors (Lipinski definition) is 8. The average molecular weight is 515 g/mol. The molecule has 2 aromatic rings. The van der Waals surface area contributed by atoms with Gasteiger partial charge in [-0.15, -0.1) is 0 Å². The van der Waals surface area contributed by atoms with E-state index in [-0.39, 0.29) is 29.5 Å². The molecule has 0 spiro atoms. The Morgan fingerprint density at radius 1 is 1.11 bits per heavy atom. The van der Waals surface area contributed by atoms with E-state index in [0.717, 1.165) is 23.5 Å². The van der Waals surface area contributed by atoms with Crippen molar-refractivity contribution in [3.05, 3.63) is 69.8 Å². The predicted octanol–water partition coefficient (Wildman–Crippen LogP) is 3.18. The number of benzene rings is 2. The topological polar surface area (TPSA) is 128 Å².